The number of benzene rings is 2. The standard InChI is InChI=1S/C19H17ClNO.ClHO4/c1-22-18-9-7-16(8-10-18)19(15-5-3-2-4-6-15)21-13-11-17(20)12-14-21;2-1(3,4)5/h2-14,19H,1H3;(H,2,3,4,5)/q+1;/p-1. The van der Waals surface area contributed by atoms with Crippen molar-refractivity contribution in [1.29, 1.82) is 0 Å². The van der Waals surface area contributed by atoms with Gasteiger partial charge in [-0.1, -0.05) is 41.9 Å². The van der Waals surface area contributed by atoms with E-state index in [1.54, 1.807) is 7.11 Å². The lowest BCUT2D eigenvalue weighted by Gasteiger charge is -2.17. The van der Waals surface area contributed by atoms with Gasteiger partial charge in [0, 0.05) is 23.3 Å². The minimum Gasteiger partial charge on any atom is -0.497 e. The van der Waals surface area contributed by atoms with Crippen LogP contribution in [0.4, 0.5) is 0 Å². The largest absolute Gasteiger partial charge is 0.497 e. The highest BCUT2D eigenvalue weighted by Crippen LogP contribution is 2.24. The van der Waals surface area contributed by atoms with E-state index in [1.807, 2.05) is 42.7 Å². The summed E-state index contributed by atoms with van der Waals surface area (Å²) in [7, 11) is -3.27. The van der Waals surface area contributed by atoms with Gasteiger partial charge in [0.1, 0.15) is 5.75 Å². The highest BCUT2D eigenvalue weighted by atomic mass is 35.7. The van der Waals surface area contributed by atoms with Crippen LogP contribution >= 0.6 is 11.6 Å². The Morgan fingerprint density at radius 1 is 0.815 bits per heavy atom. The molecule has 0 amide bonds. The first kappa shape index (κ1) is 21.1. The minimum absolute atomic E-state index is 0.101. The van der Waals surface area contributed by atoms with E-state index in [0.717, 1.165) is 10.8 Å². The molecule has 0 aliphatic heterocycles. The number of aromatic nitrogens is 1. The van der Waals surface area contributed by atoms with Crippen LogP contribution in [0.2, 0.25) is 5.02 Å². The lowest BCUT2D eigenvalue weighted by molar-refractivity contribution is -2.00. The maximum atomic E-state index is 8.49. The molecule has 0 bridgehead atoms. The van der Waals surface area contributed by atoms with E-state index in [0.29, 0.717) is 0 Å². The summed E-state index contributed by atoms with van der Waals surface area (Å²) in [6.45, 7) is 0. The quantitative estimate of drug-likeness (QED) is 0.541. The van der Waals surface area contributed by atoms with Crippen molar-refractivity contribution in [2.75, 3.05) is 7.11 Å². The van der Waals surface area contributed by atoms with E-state index >= 15 is 0 Å². The Morgan fingerprint density at radius 2 is 1.30 bits per heavy atom. The van der Waals surface area contributed by atoms with E-state index < -0.39 is 10.2 Å². The zero-order valence-electron chi connectivity index (χ0n) is 14.3. The third-order valence-corrected chi connectivity index (χ3v) is 3.91. The molecule has 142 valence electrons. The predicted octanol–water partition coefficient (Wildman–Crippen LogP) is -0.482. The highest BCUT2D eigenvalue weighted by molar-refractivity contribution is 6.30. The molecule has 2 aromatic carbocycles. The van der Waals surface area contributed by atoms with E-state index in [4.69, 9.17) is 35.0 Å². The number of halogens is 2. The lowest BCUT2D eigenvalue weighted by atomic mass is 9.98. The Morgan fingerprint density at radius 3 is 1.78 bits per heavy atom. The molecule has 0 aliphatic rings. The first-order chi connectivity index (χ1) is 12.8. The molecule has 6 nitrogen and oxygen atoms in total. The van der Waals surface area contributed by atoms with Gasteiger partial charge in [0.05, 0.1) is 12.1 Å². The highest BCUT2D eigenvalue weighted by Gasteiger charge is 2.23. The molecule has 0 radical (unpaired) electrons. The van der Waals surface area contributed by atoms with Crippen LogP contribution in [0.1, 0.15) is 17.2 Å². The maximum Gasteiger partial charge on any atom is 0.208 e. The molecule has 8 heteroatoms. The second-order valence-corrected chi connectivity index (χ2v) is 6.62. The molecule has 1 unspecified atom stereocenters. The molecule has 0 saturated carbocycles. The smallest absolute Gasteiger partial charge is 0.208 e. The fraction of sp³-hybridized carbons (Fsp3) is 0.105. The summed E-state index contributed by atoms with van der Waals surface area (Å²) >= 11 is 6.02. The van der Waals surface area contributed by atoms with E-state index in [9.17, 15) is 0 Å². The minimum atomic E-state index is -4.94. The lowest BCUT2D eigenvalue weighted by Crippen LogP contribution is -2.68. The number of hydrogen-bond donors (Lipinski definition) is 0. The predicted molar refractivity (Wildman–Crippen MR) is 88.3 cm³/mol. The van der Waals surface area contributed by atoms with Crippen LogP contribution < -0.4 is 27.9 Å². The van der Waals surface area contributed by atoms with Crippen LogP contribution in [0, 0.1) is 10.2 Å². The van der Waals surface area contributed by atoms with Crippen LogP contribution in [0.5, 0.6) is 5.75 Å². The molecule has 1 aromatic heterocycles. The fourth-order valence-electron chi connectivity index (χ4n) is 2.55. The van der Waals surface area contributed by atoms with Gasteiger partial charge < -0.3 is 4.74 Å². The monoisotopic (exact) mass is 409 g/mol. The molecule has 0 N–H and O–H groups in total. The average molecular weight is 410 g/mol. The third kappa shape index (κ3) is 7.15. The molecular formula is C19H17Cl2NO5. The van der Waals surface area contributed by atoms with Crippen LogP contribution in [-0.4, -0.2) is 7.11 Å². The summed E-state index contributed by atoms with van der Waals surface area (Å²) in [4.78, 5) is 0. The summed E-state index contributed by atoms with van der Waals surface area (Å²) < 4.78 is 41.4. The van der Waals surface area contributed by atoms with Crippen molar-refractivity contribution in [2.45, 2.75) is 6.04 Å². The SMILES string of the molecule is COc1ccc(C(c2ccccc2)[n+]2ccc(Cl)cc2)cc1.[O-][Cl+3]([O-])([O-])[O-]. The average Bonchev–Trinajstić information content (AvgIpc) is 2.64. The van der Waals surface area contributed by atoms with Crippen LogP contribution in [0.15, 0.2) is 79.1 Å². The fourth-order valence-corrected chi connectivity index (χ4v) is 2.66. The van der Waals surface area contributed by atoms with Gasteiger partial charge in [-0.05, 0) is 24.3 Å². The zero-order valence-corrected chi connectivity index (χ0v) is 15.8. The van der Waals surface area contributed by atoms with Crippen molar-refractivity contribution in [3.63, 3.8) is 0 Å². The second-order valence-electron chi connectivity index (χ2n) is 5.43. The van der Waals surface area contributed by atoms with Gasteiger partial charge in [0.15, 0.2) is 12.4 Å². The van der Waals surface area contributed by atoms with Gasteiger partial charge in [-0.25, -0.2) is 18.6 Å². The molecule has 0 fully saturated rings. The molecule has 1 atom stereocenters. The first-order valence-electron chi connectivity index (χ1n) is 7.75. The summed E-state index contributed by atoms with van der Waals surface area (Å²) in [5, 5.41) is 0.734. The van der Waals surface area contributed by atoms with Gasteiger partial charge in [-0.3, -0.25) is 0 Å². The zero-order chi connectivity index (χ0) is 19.9. The Hall–Kier alpha value is -2.19. The Bertz CT molecular complexity index is 815. The molecule has 3 rings (SSSR count). The van der Waals surface area contributed by atoms with Crippen molar-refractivity contribution >= 4 is 11.6 Å². The Labute approximate surface area is 164 Å². The molecular weight excluding hydrogens is 393 g/mol. The normalized spacial score (nSPS) is 11.9. The van der Waals surface area contributed by atoms with Crippen LogP contribution in [-0.2, 0) is 0 Å². The van der Waals surface area contributed by atoms with Crippen molar-refractivity contribution in [2.24, 2.45) is 0 Å². The Kier molecular flexibility index (Phi) is 7.55. The van der Waals surface area contributed by atoms with Crippen molar-refractivity contribution in [3.05, 3.63) is 95.3 Å². The van der Waals surface area contributed by atoms with Crippen molar-refractivity contribution in [3.8, 4) is 5.75 Å². The van der Waals surface area contributed by atoms with Gasteiger partial charge in [0.2, 0.25) is 6.04 Å². The van der Waals surface area contributed by atoms with Crippen LogP contribution in [0.3, 0.4) is 0 Å². The summed E-state index contributed by atoms with van der Waals surface area (Å²) in [5.41, 5.74) is 2.42. The second kappa shape index (κ2) is 9.66. The number of rotatable bonds is 4. The Balaban J connectivity index is 0.000000465. The van der Waals surface area contributed by atoms with Gasteiger partial charge in [-0.2, -0.15) is 4.57 Å². The molecule has 0 aliphatic carbocycles. The first-order valence-corrected chi connectivity index (χ1v) is 9.36. The van der Waals surface area contributed by atoms with Crippen molar-refractivity contribution in [1.82, 2.24) is 0 Å². The summed E-state index contributed by atoms with van der Waals surface area (Å²) in [5.74, 6) is 0.858. The molecule has 27 heavy (non-hydrogen) atoms. The maximum absolute atomic E-state index is 8.49. The molecule has 0 saturated heterocycles. The summed E-state index contributed by atoms with van der Waals surface area (Å²) in [6.07, 6.45) is 4.01. The van der Waals surface area contributed by atoms with E-state index in [1.165, 1.54) is 11.1 Å². The third-order valence-electron chi connectivity index (χ3n) is 3.66. The summed E-state index contributed by atoms with van der Waals surface area (Å²) in [6, 6.07) is 22.5. The van der Waals surface area contributed by atoms with Gasteiger partial charge in [-0.15, -0.1) is 10.2 Å². The molecule has 1 heterocycles. The van der Waals surface area contributed by atoms with Gasteiger partial charge in [0.25, 0.3) is 0 Å². The topological polar surface area (TPSA) is 105 Å². The number of methoxy groups -OCH3 is 1. The molecule has 3 aromatic rings. The van der Waals surface area contributed by atoms with Gasteiger partial charge >= 0.3 is 0 Å². The van der Waals surface area contributed by atoms with Crippen LogP contribution in [0.25, 0.3) is 0 Å². The van der Waals surface area contributed by atoms with Crippen molar-refractivity contribution < 1.29 is 38.2 Å². The number of hydrogen-bond acceptors (Lipinski definition) is 5. The van der Waals surface area contributed by atoms with E-state index in [2.05, 4.69) is 41.0 Å². The van der Waals surface area contributed by atoms with E-state index in [-0.39, 0.29) is 6.04 Å². The number of ether oxygens (including phenoxy) is 1. The number of pyridine rings is 1. The number of nitrogens with zero attached hydrogens (tertiary/aromatic N) is 1. The molecule has 0 spiro atoms.